The Kier molecular flexibility index (Phi) is 6.91. The summed E-state index contributed by atoms with van der Waals surface area (Å²) in [7, 11) is 1.28. The van der Waals surface area contributed by atoms with Gasteiger partial charge < -0.3 is 62.4 Å². The fraction of sp³-hybridized carbons (Fsp3) is 0.286. The molecule has 1 unspecified atom stereocenters. The van der Waals surface area contributed by atoms with Crippen LogP contribution in [0.2, 0.25) is 0 Å². The largest absolute Gasteiger partial charge is 1.00 e. The van der Waals surface area contributed by atoms with Crippen molar-refractivity contribution < 1.29 is 66.8 Å². The first-order chi connectivity index (χ1) is 15.2. The van der Waals surface area contributed by atoms with Gasteiger partial charge in [0.05, 0.1) is 25.3 Å². The summed E-state index contributed by atoms with van der Waals surface area (Å²) in [4.78, 5) is 0. The first kappa shape index (κ1) is 24.4. The molecule has 2 heterocycles. The predicted molar refractivity (Wildman–Crippen MR) is 108 cm³/mol. The van der Waals surface area contributed by atoms with Crippen molar-refractivity contribution >= 4 is 11.0 Å². The Morgan fingerprint density at radius 3 is 2.30 bits per heavy atom. The quantitative estimate of drug-likeness (QED) is 0.158. The van der Waals surface area contributed by atoms with Gasteiger partial charge in [0.25, 0.3) is 0 Å². The van der Waals surface area contributed by atoms with Crippen LogP contribution < -0.4 is 21.9 Å². The molecule has 12 heteroatoms. The van der Waals surface area contributed by atoms with Gasteiger partial charge in [0.2, 0.25) is 17.8 Å². The van der Waals surface area contributed by atoms with Gasteiger partial charge in [-0.05, 0) is 0 Å². The Morgan fingerprint density at radius 1 is 0.939 bits per heavy atom. The van der Waals surface area contributed by atoms with Gasteiger partial charge in [-0.1, -0.05) is 0 Å². The fourth-order valence-corrected chi connectivity index (χ4v) is 3.44. The van der Waals surface area contributed by atoms with Gasteiger partial charge in [-0.3, -0.25) is 0 Å². The smallest absolute Gasteiger partial charge is 0.402 e. The number of rotatable bonds is 5. The van der Waals surface area contributed by atoms with Gasteiger partial charge in [0.15, 0.2) is 11.5 Å². The van der Waals surface area contributed by atoms with Gasteiger partial charge in [-0.15, -0.1) is 0 Å². The van der Waals surface area contributed by atoms with Crippen molar-refractivity contribution in [1.82, 2.24) is 0 Å². The molecule has 0 radical (unpaired) electrons. The van der Waals surface area contributed by atoms with E-state index in [1.165, 1.54) is 25.3 Å². The van der Waals surface area contributed by atoms with Crippen LogP contribution in [0, 0.1) is 0 Å². The van der Waals surface area contributed by atoms with E-state index in [0.717, 1.165) is 12.1 Å². The molecule has 4 rings (SSSR count). The molecule has 11 nitrogen and oxygen atoms in total. The molecule has 0 amide bonds. The molecule has 1 aliphatic rings. The maximum atomic E-state index is 10.2. The van der Waals surface area contributed by atoms with Crippen LogP contribution >= 0.6 is 0 Å². The number of hydrogen-bond acceptors (Lipinski definition) is 10. The number of fused-ring (bicyclic) bond motifs is 1. The van der Waals surface area contributed by atoms with Crippen molar-refractivity contribution in [2.75, 3.05) is 13.7 Å². The molecule has 178 valence electrons. The van der Waals surface area contributed by atoms with E-state index < -0.39 is 42.7 Å². The molecule has 0 spiro atoms. The Balaban J connectivity index is 0.00000306. The molecule has 1 fully saturated rings. The van der Waals surface area contributed by atoms with Crippen LogP contribution in [0.1, 0.15) is 0 Å². The molecule has 33 heavy (non-hydrogen) atoms. The van der Waals surface area contributed by atoms with Crippen molar-refractivity contribution in [2.24, 2.45) is 0 Å². The molecule has 3 aromatic rings. The lowest BCUT2D eigenvalue weighted by Crippen LogP contribution is -3.00. The lowest BCUT2D eigenvalue weighted by Gasteiger charge is -2.16. The van der Waals surface area contributed by atoms with Crippen molar-refractivity contribution in [3.05, 3.63) is 30.3 Å². The third-order valence-corrected chi connectivity index (χ3v) is 5.09. The summed E-state index contributed by atoms with van der Waals surface area (Å²) in [5.74, 6) is -1.83. The molecular formula is C21H21ClO11. The number of phenolic OH excluding ortho intramolecular Hbond substituents is 4. The number of aromatic hydroxyl groups is 4. The number of ether oxygens (including phenoxy) is 3. The predicted octanol–water partition coefficient (Wildman–Crippen LogP) is -1.97. The molecule has 0 aliphatic carbocycles. The van der Waals surface area contributed by atoms with Crippen molar-refractivity contribution in [3.63, 3.8) is 0 Å². The van der Waals surface area contributed by atoms with E-state index in [4.69, 9.17) is 18.6 Å². The minimum Gasteiger partial charge on any atom is -1.00 e. The number of aliphatic hydroxyl groups is 3. The number of phenols is 4. The van der Waals surface area contributed by atoms with Gasteiger partial charge in [-0.2, -0.15) is 0 Å². The van der Waals surface area contributed by atoms with Crippen LogP contribution in [-0.2, 0) is 4.74 Å². The van der Waals surface area contributed by atoms with E-state index in [9.17, 15) is 35.7 Å². The molecule has 1 aromatic heterocycles. The first-order valence-electron chi connectivity index (χ1n) is 9.45. The van der Waals surface area contributed by atoms with E-state index in [0.29, 0.717) is 0 Å². The minimum absolute atomic E-state index is 0. The van der Waals surface area contributed by atoms with Gasteiger partial charge in [0, 0.05) is 24.3 Å². The van der Waals surface area contributed by atoms with Crippen molar-refractivity contribution in [1.29, 1.82) is 0 Å². The van der Waals surface area contributed by atoms with Crippen LogP contribution in [0.5, 0.6) is 34.5 Å². The van der Waals surface area contributed by atoms with Crippen LogP contribution in [-0.4, -0.2) is 74.1 Å². The Morgan fingerprint density at radius 2 is 1.67 bits per heavy atom. The van der Waals surface area contributed by atoms with E-state index >= 15 is 0 Å². The van der Waals surface area contributed by atoms with Gasteiger partial charge in [0.1, 0.15) is 35.2 Å². The van der Waals surface area contributed by atoms with Crippen molar-refractivity contribution in [2.45, 2.75) is 24.6 Å². The number of benzene rings is 2. The van der Waals surface area contributed by atoms with Gasteiger partial charge in [-0.25, -0.2) is 4.42 Å². The lowest BCUT2D eigenvalue weighted by atomic mass is 10.1. The maximum Gasteiger partial charge on any atom is 0.402 e. The Hall–Kier alpha value is -3.22. The number of methoxy groups -OCH3 is 1. The molecule has 2 aromatic carbocycles. The second-order valence-corrected chi connectivity index (χ2v) is 7.19. The fourth-order valence-electron chi connectivity index (χ4n) is 3.44. The van der Waals surface area contributed by atoms with Crippen LogP contribution in [0.15, 0.2) is 34.7 Å². The highest BCUT2D eigenvalue weighted by molar-refractivity contribution is 5.88. The first-order valence-corrected chi connectivity index (χ1v) is 9.45. The number of aliphatic hydroxyl groups excluding tert-OH is 3. The van der Waals surface area contributed by atoms with Gasteiger partial charge >= 0.3 is 11.3 Å². The zero-order valence-corrected chi connectivity index (χ0v) is 17.8. The lowest BCUT2D eigenvalue weighted by molar-refractivity contribution is -0.116. The standard InChI is InChI=1S/C21H20O11.ClH/c1-29-14-3-8(2-12(25)17(14)26)20-15(31-21-19(28)18(27)16(7-22)32-21)6-10-11(24)4-9(23)5-13(10)30-20;/h2-6,16,18-19,21-22,27-28H,7H2,1H3,(H3-,23,24,25,26);1H/t16-,18-,19+,21?;/m1./s1. The minimum atomic E-state index is -1.51. The zero-order valence-electron chi connectivity index (χ0n) is 17.0. The topological polar surface area (TPSA) is 181 Å². The summed E-state index contributed by atoms with van der Waals surface area (Å²) >= 11 is 0. The average molecular weight is 485 g/mol. The third-order valence-electron chi connectivity index (χ3n) is 5.09. The molecule has 1 saturated heterocycles. The van der Waals surface area contributed by atoms with Crippen LogP contribution in [0.4, 0.5) is 0 Å². The highest BCUT2D eigenvalue weighted by Crippen LogP contribution is 2.45. The van der Waals surface area contributed by atoms with Crippen LogP contribution in [0.25, 0.3) is 22.3 Å². The summed E-state index contributed by atoms with van der Waals surface area (Å²) in [5.41, 5.74) is 0.223. The van der Waals surface area contributed by atoms with Crippen LogP contribution in [0.3, 0.4) is 0 Å². The summed E-state index contributed by atoms with van der Waals surface area (Å²) in [6, 6.07) is 6.17. The summed E-state index contributed by atoms with van der Waals surface area (Å²) < 4.78 is 21.9. The summed E-state index contributed by atoms with van der Waals surface area (Å²) in [6.45, 7) is -0.559. The molecule has 1 aliphatic heterocycles. The normalized spacial score (nSPS) is 22.2. The molecule has 0 saturated carbocycles. The second-order valence-electron chi connectivity index (χ2n) is 7.19. The summed E-state index contributed by atoms with van der Waals surface area (Å²) in [5, 5.41) is 69.7. The highest BCUT2D eigenvalue weighted by Gasteiger charge is 2.45. The number of halogens is 1. The summed E-state index contributed by atoms with van der Waals surface area (Å²) in [6.07, 6.45) is -5.40. The molecule has 0 bridgehead atoms. The third kappa shape index (κ3) is 4.36. The van der Waals surface area contributed by atoms with E-state index in [2.05, 4.69) is 0 Å². The molecule has 4 atom stereocenters. The van der Waals surface area contributed by atoms with Crippen molar-refractivity contribution in [3.8, 4) is 45.8 Å². The Bertz CT molecular complexity index is 1170. The van der Waals surface area contributed by atoms with E-state index in [-0.39, 0.29) is 57.7 Å². The second kappa shape index (κ2) is 9.33. The Labute approximate surface area is 192 Å². The molecule has 7 N–H and O–H groups in total. The molecular weight excluding hydrogens is 464 g/mol. The monoisotopic (exact) mass is 484 g/mol. The van der Waals surface area contributed by atoms with E-state index in [1.54, 1.807) is 0 Å². The zero-order chi connectivity index (χ0) is 23.2. The maximum absolute atomic E-state index is 10.2. The average Bonchev–Trinajstić information content (AvgIpc) is 3.03. The SMILES string of the molecule is COc1cc(-c2[o+]c3cc(O)cc(O)c3cc2OC2O[C@H](CO)[C@@H](O)[C@@H]2O)cc(O)c1O.[Cl-]. The van der Waals surface area contributed by atoms with E-state index in [1.807, 2.05) is 0 Å². The highest BCUT2D eigenvalue weighted by atomic mass is 35.5. The number of hydrogen-bond donors (Lipinski definition) is 7.